The number of ether oxygens (including phenoxy) is 2. The fourth-order valence-electron chi connectivity index (χ4n) is 1.50. The Hall–Kier alpha value is -1.09. The predicted molar refractivity (Wildman–Crippen MR) is 69.9 cm³/mol. The first kappa shape index (κ1) is 15.9. The van der Waals surface area contributed by atoms with E-state index in [1.807, 2.05) is 0 Å². The summed E-state index contributed by atoms with van der Waals surface area (Å²) in [6.45, 7) is 8.05. The van der Waals surface area contributed by atoms with Crippen molar-refractivity contribution < 1.29 is 14.3 Å². The van der Waals surface area contributed by atoms with Gasteiger partial charge in [-0.15, -0.1) is 13.2 Å². The molecule has 0 atom stereocenters. The summed E-state index contributed by atoms with van der Waals surface area (Å²) in [5.74, 6) is -0.129. The molecular formula is C14H24O3. The van der Waals surface area contributed by atoms with Crippen molar-refractivity contribution in [1.82, 2.24) is 0 Å². The molecule has 0 radical (unpaired) electrons. The van der Waals surface area contributed by atoms with E-state index in [0.717, 1.165) is 25.9 Å². The molecule has 3 heteroatoms. The van der Waals surface area contributed by atoms with Gasteiger partial charge < -0.3 is 9.47 Å². The van der Waals surface area contributed by atoms with Crippen LogP contribution >= 0.6 is 0 Å². The molecule has 98 valence electrons. The maximum atomic E-state index is 11.5. The quantitative estimate of drug-likeness (QED) is 0.316. The summed E-state index contributed by atoms with van der Waals surface area (Å²) in [5, 5.41) is 0. The molecule has 0 bridgehead atoms. The largest absolute Gasteiger partial charge is 0.462 e. The molecule has 0 rings (SSSR count). The van der Waals surface area contributed by atoms with Crippen molar-refractivity contribution in [3.63, 3.8) is 0 Å². The lowest BCUT2D eigenvalue weighted by atomic mass is 10.1. The van der Waals surface area contributed by atoms with Gasteiger partial charge in [-0.1, -0.05) is 18.6 Å². The van der Waals surface area contributed by atoms with Gasteiger partial charge in [0.1, 0.15) is 6.10 Å². The van der Waals surface area contributed by atoms with Crippen LogP contribution in [-0.2, 0) is 14.3 Å². The number of carbonyl (C=O) groups excluding carboxylic acids is 1. The molecule has 0 N–H and O–H groups in total. The van der Waals surface area contributed by atoms with Crippen molar-refractivity contribution >= 4 is 5.97 Å². The Labute approximate surface area is 104 Å². The van der Waals surface area contributed by atoms with Crippen LogP contribution in [0.3, 0.4) is 0 Å². The smallest absolute Gasteiger partial charge is 0.306 e. The molecular weight excluding hydrogens is 216 g/mol. The van der Waals surface area contributed by atoms with E-state index in [1.165, 1.54) is 0 Å². The lowest BCUT2D eigenvalue weighted by molar-refractivity contribution is -0.148. The zero-order chi connectivity index (χ0) is 12.9. The van der Waals surface area contributed by atoms with Crippen LogP contribution in [0.25, 0.3) is 0 Å². The average molecular weight is 240 g/mol. The first-order valence-corrected chi connectivity index (χ1v) is 6.14. The first-order chi connectivity index (χ1) is 8.24. The van der Waals surface area contributed by atoms with E-state index < -0.39 is 0 Å². The highest BCUT2D eigenvalue weighted by atomic mass is 16.5. The van der Waals surface area contributed by atoms with E-state index in [9.17, 15) is 4.79 Å². The highest BCUT2D eigenvalue weighted by Crippen LogP contribution is 2.09. The van der Waals surface area contributed by atoms with Crippen molar-refractivity contribution in [2.45, 2.75) is 44.6 Å². The van der Waals surface area contributed by atoms with Crippen molar-refractivity contribution in [2.75, 3.05) is 13.7 Å². The molecule has 0 saturated carbocycles. The fourth-order valence-corrected chi connectivity index (χ4v) is 1.50. The second-order valence-corrected chi connectivity index (χ2v) is 3.96. The molecule has 0 saturated heterocycles. The van der Waals surface area contributed by atoms with Crippen LogP contribution in [0.2, 0.25) is 0 Å². The molecule has 3 nitrogen and oxygen atoms in total. The third-order valence-corrected chi connectivity index (χ3v) is 2.39. The second-order valence-electron chi connectivity index (χ2n) is 3.96. The van der Waals surface area contributed by atoms with E-state index in [0.29, 0.717) is 19.3 Å². The number of rotatable bonds is 11. The van der Waals surface area contributed by atoms with Crippen LogP contribution < -0.4 is 0 Å². The van der Waals surface area contributed by atoms with Gasteiger partial charge in [-0.25, -0.2) is 0 Å². The van der Waals surface area contributed by atoms with E-state index in [-0.39, 0.29) is 12.1 Å². The third-order valence-electron chi connectivity index (χ3n) is 2.39. The molecule has 0 amide bonds. The van der Waals surface area contributed by atoms with E-state index in [2.05, 4.69) is 13.2 Å². The van der Waals surface area contributed by atoms with Crippen LogP contribution in [0.1, 0.15) is 38.5 Å². The fraction of sp³-hybridized carbons (Fsp3) is 0.643. The SMILES string of the molecule is C=CCC(CC=C)OC(=O)CCCCCOC. The van der Waals surface area contributed by atoms with Gasteiger partial charge in [0, 0.05) is 33.0 Å². The molecule has 0 fully saturated rings. The summed E-state index contributed by atoms with van der Waals surface area (Å²) in [5.41, 5.74) is 0. The van der Waals surface area contributed by atoms with Crippen LogP contribution in [-0.4, -0.2) is 25.8 Å². The topological polar surface area (TPSA) is 35.5 Å². The minimum Gasteiger partial charge on any atom is -0.462 e. The molecule has 0 aromatic carbocycles. The molecule has 0 aromatic rings. The highest BCUT2D eigenvalue weighted by molar-refractivity contribution is 5.69. The summed E-state index contributed by atoms with van der Waals surface area (Å²) < 4.78 is 10.3. The summed E-state index contributed by atoms with van der Waals surface area (Å²) >= 11 is 0. The lowest BCUT2D eigenvalue weighted by Gasteiger charge is -2.14. The van der Waals surface area contributed by atoms with Crippen molar-refractivity contribution in [3.05, 3.63) is 25.3 Å². The van der Waals surface area contributed by atoms with Crippen molar-refractivity contribution in [1.29, 1.82) is 0 Å². The third kappa shape index (κ3) is 9.82. The summed E-state index contributed by atoms with van der Waals surface area (Å²) in [6.07, 6.45) is 8.12. The Bertz CT molecular complexity index is 214. The van der Waals surface area contributed by atoms with Gasteiger partial charge in [-0.05, 0) is 12.8 Å². The van der Waals surface area contributed by atoms with Gasteiger partial charge in [-0.2, -0.15) is 0 Å². The molecule has 0 heterocycles. The van der Waals surface area contributed by atoms with Gasteiger partial charge in [-0.3, -0.25) is 4.79 Å². The summed E-state index contributed by atoms with van der Waals surface area (Å²) in [4.78, 5) is 11.5. The Kier molecular flexibility index (Phi) is 10.7. The molecule has 0 aliphatic carbocycles. The molecule has 0 aliphatic heterocycles. The van der Waals surface area contributed by atoms with E-state index >= 15 is 0 Å². The number of hydrogen-bond donors (Lipinski definition) is 0. The monoisotopic (exact) mass is 240 g/mol. The number of esters is 1. The molecule has 17 heavy (non-hydrogen) atoms. The van der Waals surface area contributed by atoms with Gasteiger partial charge in [0.2, 0.25) is 0 Å². The van der Waals surface area contributed by atoms with E-state index in [4.69, 9.17) is 9.47 Å². The maximum Gasteiger partial charge on any atom is 0.306 e. The lowest BCUT2D eigenvalue weighted by Crippen LogP contribution is -2.16. The standard InChI is InChI=1S/C14H24O3/c1-4-9-13(10-5-2)17-14(15)11-7-6-8-12-16-3/h4-5,13H,1-2,6-12H2,3H3. The van der Waals surface area contributed by atoms with Gasteiger partial charge >= 0.3 is 5.97 Å². The zero-order valence-corrected chi connectivity index (χ0v) is 10.8. The van der Waals surface area contributed by atoms with Crippen molar-refractivity contribution in [2.24, 2.45) is 0 Å². The summed E-state index contributed by atoms with van der Waals surface area (Å²) in [7, 11) is 1.68. The highest BCUT2D eigenvalue weighted by Gasteiger charge is 2.11. The van der Waals surface area contributed by atoms with Gasteiger partial charge in [0.05, 0.1) is 0 Å². The van der Waals surface area contributed by atoms with Crippen LogP contribution in [0, 0.1) is 0 Å². The van der Waals surface area contributed by atoms with Crippen LogP contribution in [0.15, 0.2) is 25.3 Å². The predicted octanol–water partition coefficient (Wildman–Crippen LogP) is 3.26. The minimum absolute atomic E-state index is 0.100. The Morgan fingerprint density at radius 1 is 1.18 bits per heavy atom. The van der Waals surface area contributed by atoms with Crippen molar-refractivity contribution in [3.8, 4) is 0 Å². The Morgan fingerprint density at radius 3 is 2.35 bits per heavy atom. The molecule has 0 aromatic heterocycles. The normalized spacial score (nSPS) is 10.2. The number of methoxy groups -OCH3 is 1. The maximum absolute atomic E-state index is 11.5. The number of unbranched alkanes of at least 4 members (excludes halogenated alkanes) is 2. The summed E-state index contributed by atoms with van der Waals surface area (Å²) in [6, 6.07) is 0. The number of hydrogen-bond acceptors (Lipinski definition) is 3. The number of carbonyl (C=O) groups is 1. The van der Waals surface area contributed by atoms with Crippen LogP contribution in [0.4, 0.5) is 0 Å². The molecule has 0 unspecified atom stereocenters. The zero-order valence-electron chi connectivity index (χ0n) is 10.8. The van der Waals surface area contributed by atoms with E-state index in [1.54, 1.807) is 19.3 Å². The minimum atomic E-state index is -0.129. The first-order valence-electron chi connectivity index (χ1n) is 6.14. The second kappa shape index (κ2) is 11.4. The Balaban J connectivity index is 3.66. The molecule has 0 spiro atoms. The average Bonchev–Trinajstić information content (AvgIpc) is 2.29. The van der Waals surface area contributed by atoms with Gasteiger partial charge in [0.25, 0.3) is 0 Å². The molecule has 0 aliphatic rings. The van der Waals surface area contributed by atoms with Gasteiger partial charge in [0.15, 0.2) is 0 Å². The van der Waals surface area contributed by atoms with Crippen LogP contribution in [0.5, 0.6) is 0 Å². The Morgan fingerprint density at radius 2 is 1.82 bits per heavy atom.